The van der Waals surface area contributed by atoms with Gasteiger partial charge in [0, 0.05) is 11.6 Å². The first-order chi connectivity index (χ1) is 15.4. The zero-order chi connectivity index (χ0) is 23.3. The van der Waals surface area contributed by atoms with Crippen LogP contribution >= 0.6 is 11.6 Å². The molecule has 0 saturated heterocycles. The van der Waals surface area contributed by atoms with Crippen LogP contribution in [0.5, 0.6) is 0 Å². The number of amides is 3. The van der Waals surface area contributed by atoms with Gasteiger partial charge in [-0.2, -0.15) is 0 Å². The van der Waals surface area contributed by atoms with E-state index in [0.717, 1.165) is 31.2 Å². The smallest absolute Gasteiger partial charge is 0.326 e. The van der Waals surface area contributed by atoms with Gasteiger partial charge in [-0.25, -0.2) is 9.59 Å². The van der Waals surface area contributed by atoms with E-state index < -0.39 is 24.1 Å². The van der Waals surface area contributed by atoms with Gasteiger partial charge >= 0.3 is 12.0 Å². The average molecular weight is 467 g/mol. The van der Waals surface area contributed by atoms with Gasteiger partial charge in [0.1, 0.15) is 12.1 Å². The predicted molar refractivity (Wildman–Crippen MR) is 124 cm³/mol. The third kappa shape index (κ3) is 9.44. The van der Waals surface area contributed by atoms with Gasteiger partial charge in [-0.3, -0.25) is 4.79 Å². The number of nitrogens with two attached hydrogens (primary N) is 1. The van der Waals surface area contributed by atoms with Crippen LogP contribution in [-0.4, -0.2) is 41.6 Å². The summed E-state index contributed by atoms with van der Waals surface area (Å²) in [4.78, 5) is 37.0. The van der Waals surface area contributed by atoms with Gasteiger partial charge in [0.25, 0.3) is 0 Å². The fourth-order valence-electron chi connectivity index (χ4n) is 4.01. The molecule has 1 fully saturated rings. The van der Waals surface area contributed by atoms with E-state index in [0.29, 0.717) is 43.3 Å². The minimum Gasteiger partial charge on any atom is -0.480 e. The van der Waals surface area contributed by atoms with Gasteiger partial charge in [0.2, 0.25) is 5.91 Å². The lowest BCUT2D eigenvalue weighted by Gasteiger charge is -2.27. The Hall–Kier alpha value is -2.32. The second kappa shape index (κ2) is 14.0. The van der Waals surface area contributed by atoms with Crippen molar-refractivity contribution in [2.45, 2.75) is 76.4 Å². The molecule has 2 rings (SSSR count). The third-order valence-electron chi connectivity index (χ3n) is 5.85. The molecule has 6 N–H and O–H groups in total. The zero-order valence-corrected chi connectivity index (χ0v) is 19.2. The van der Waals surface area contributed by atoms with Crippen molar-refractivity contribution in [2.75, 3.05) is 6.54 Å². The van der Waals surface area contributed by atoms with Gasteiger partial charge in [-0.1, -0.05) is 55.8 Å². The van der Waals surface area contributed by atoms with Crippen LogP contribution in [0.25, 0.3) is 0 Å². The van der Waals surface area contributed by atoms with E-state index in [9.17, 15) is 19.5 Å². The van der Waals surface area contributed by atoms with E-state index in [1.165, 1.54) is 6.42 Å². The number of carbonyl (C=O) groups is 3. The molecule has 2 atom stereocenters. The minimum atomic E-state index is -1.10. The number of hydrogen-bond donors (Lipinski definition) is 5. The summed E-state index contributed by atoms with van der Waals surface area (Å²) in [5.41, 5.74) is 6.36. The molecule has 1 aromatic carbocycles. The molecule has 0 aliphatic heterocycles. The zero-order valence-electron chi connectivity index (χ0n) is 18.4. The van der Waals surface area contributed by atoms with E-state index in [1.54, 1.807) is 12.1 Å². The molecule has 1 aromatic rings. The molecule has 0 radical (unpaired) electrons. The number of urea groups is 1. The number of benzene rings is 1. The molecule has 32 heavy (non-hydrogen) atoms. The van der Waals surface area contributed by atoms with Crippen LogP contribution in [0.15, 0.2) is 24.3 Å². The summed E-state index contributed by atoms with van der Waals surface area (Å²) >= 11 is 5.90. The van der Waals surface area contributed by atoms with Crippen molar-refractivity contribution in [1.29, 1.82) is 0 Å². The summed E-state index contributed by atoms with van der Waals surface area (Å²) in [6, 6.07) is 4.77. The Morgan fingerprint density at radius 2 is 1.69 bits per heavy atom. The second-order valence-corrected chi connectivity index (χ2v) is 8.87. The molecule has 0 aromatic heterocycles. The van der Waals surface area contributed by atoms with Crippen molar-refractivity contribution in [1.82, 2.24) is 16.0 Å². The first-order valence-electron chi connectivity index (χ1n) is 11.4. The van der Waals surface area contributed by atoms with Crippen LogP contribution in [0.2, 0.25) is 5.02 Å². The van der Waals surface area contributed by atoms with Crippen LogP contribution in [-0.2, 0) is 16.1 Å². The summed E-state index contributed by atoms with van der Waals surface area (Å²) in [6.07, 6.45) is 7.60. The molecule has 9 heteroatoms. The SMILES string of the molecule is NCCCCC(NC(=O)N[C@H](CC1CCCCC1)C(=O)NCc1ccc(Cl)cc1)C(=O)O. The summed E-state index contributed by atoms with van der Waals surface area (Å²) in [5.74, 6) is -1.03. The lowest BCUT2D eigenvalue weighted by Crippen LogP contribution is -2.53. The number of unbranched alkanes of at least 4 members (excludes halogenated alkanes) is 1. The van der Waals surface area contributed by atoms with Crippen LogP contribution in [0.3, 0.4) is 0 Å². The largest absolute Gasteiger partial charge is 0.480 e. The molecule has 0 bridgehead atoms. The van der Waals surface area contributed by atoms with Crippen LogP contribution in [0, 0.1) is 5.92 Å². The molecule has 3 amide bonds. The standard InChI is InChI=1S/C23H35ClN4O4/c24-18-11-9-17(10-12-18)15-26-21(29)20(14-16-6-2-1-3-7-16)28-23(32)27-19(22(30)31)8-4-5-13-25/h9-12,16,19-20H,1-8,13-15,25H2,(H,26,29)(H,30,31)(H2,27,28,32)/t19?,20-/m1/s1. The molecule has 0 heterocycles. The highest BCUT2D eigenvalue weighted by Crippen LogP contribution is 2.27. The van der Waals surface area contributed by atoms with Crippen molar-refractivity contribution in [3.8, 4) is 0 Å². The van der Waals surface area contributed by atoms with Crippen LogP contribution < -0.4 is 21.7 Å². The highest BCUT2D eigenvalue weighted by atomic mass is 35.5. The van der Waals surface area contributed by atoms with Crippen molar-refractivity contribution in [3.63, 3.8) is 0 Å². The van der Waals surface area contributed by atoms with Crippen molar-refractivity contribution < 1.29 is 19.5 Å². The lowest BCUT2D eigenvalue weighted by molar-refractivity contribution is -0.139. The Balaban J connectivity index is 1.97. The topological polar surface area (TPSA) is 134 Å². The molecule has 178 valence electrons. The number of aliphatic carboxylic acids is 1. The molecule has 1 saturated carbocycles. The molecular weight excluding hydrogens is 432 g/mol. The summed E-state index contributed by atoms with van der Waals surface area (Å²) in [5, 5.41) is 18.1. The molecule has 0 spiro atoms. The highest BCUT2D eigenvalue weighted by molar-refractivity contribution is 6.30. The monoisotopic (exact) mass is 466 g/mol. The maximum atomic E-state index is 12.9. The number of rotatable bonds is 12. The van der Waals surface area contributed by atoms with Gasteiger partial charge < -0.3 is 26.8 Å². The van der Waals surface area contributed by atoms with E-state index in [2.05, 4.69) is 16.0 Å². The van der Waals surface area contributed by atoms with Crippen molar-refractivity contribution in [2.24, 2.45) is 11.7 Å². The lowest BCUT2D eigenvalue weighted by atomic mass is 9.84. The number of carboxylic acid groups (broad SMARTS) is 1. The number of carbonyl (C=O) groups excluding carboxylic acids is 2. The van der Waals surface area contributed by atoms with E-state index in [1.807, 2.05) is 12.1 Å². The quantitative estimate of drug-likeness (QED) is 0.302. The van der Waals surface area contributed by atoms with E-state index in [4.69, 9.17) is 17.3 Å². The van der Waals surface area contributed by atoms with E-state index >= 15 is 0 Å². The Labute approximate surface area is 194 Å². The first-order valence-corrected chi connectivity index (χ1v) is 11.8. The summed E-state index contributed by atoms with van der Waals surface area (Å²) in [7, 11) is 0. The van der Waals surface area contributed by atoms with E-state index in [-0.39, 0.29) is 12.3 Å². The van der Waals surface area contributed by atoms with Gasteiger partial charge in [-0.05, 0) is 55.8 Å². The number of halogens is 1. The fourth-order valence-corrected chi connectivity index (χ4v) is 4.14. The summed E-state index contributed by atoms with van der Waals surface area (Å²) < 4.78 is 0. The number of carboxylic acids is 1. The predicted octanol–water partition coefficient (Wildman–Crippen LogP) is 3.18. The van der Waals surface area contributed by atoms with Crippen LogP contribution in [0.4, 0.5) is 4.79 Å². The van der Waals surface area contributed by atoms with Crippen molar-refractivity contribution in [3.05, 3.63) is 34.9 Å². The van der Waals surface area contributed by atoms with Gasteiger partial charge in [0.15, 0.2) is 0 Å². The Morgan fingerprint density at radius 3 is 2.31 bits per heavy atom. The fraction of sp³-hybridized carbons (Fsp3) is 0.609. The Morgan fingerprint density at radius 1 is 1.03 bits per heavy atom. The second-order valence-electron chi connectivity index (χ2n) is 8.43. The van der Waals surface area contributed by atoms with Crippen LogP contribution in [0.1, 0.15) is 63.4 Å². The first kappa shape index (κ1) is 25.9. The molecule has 1 unspecified atom stereocenters. The highest BCUT2D eigenvalue weighted by Gasteiger charge is 2.27. The maximum Gasteiger partial charge on any atom is 0.326 e. The summed E-state index contributed by atoms with van der Waals surface area (Å²) in [6.45, 7) is 0.785. The average Bonchev–Trinajstić information content (AvgIpc) is 2.78. The molecule has 8 nitrogen and oxygen atoms in total. The Bertz CT molecular complexity index is 738. The minimum absolute atomic E-state index is 0.282. The molecule has 1 aliphatic rings. The molecular formula is C23H35ClN4O4. The molecule has 1 aliphatic carbocycles. The Kier molecular flexibility index (Phi) is 11.3. The van der Waals surface area contributed by atoms with Gasteiger partial charge in [0.05, 0.1) is 0 Å². The number of nitrogens with one attached hydrogen (secondary N) is 3. The maximum absolute atomic E-state index is 12.9. The third-order valence-corrected chi connectivity index (χ3v) is 6.10. The number of hydrogen-bond acceptors (Lipinski definition) is 4. The van der Waals surface area contributed by atoms with Gasteiger partial charge in [-0.15, -0.1) is 0 Å². The van der Waals surface area contributed by atoms with Crippen molar-refractivity contribution >= 4 is 29.5 Å². The normalized spacial score (nSPS) is 16.1.